The summed E-state index contributed by atoms with van der Waals surface area (Å²) in [6, 6.07) is 4.83. The first-order chi connectivity index (χ1) is 8.00. The molecule has 0 spiro atoms. The summed E-state index contributed by atoms with van der Waals surface area (Å²) in [5.74, 6) is -3.19. The van der Waals surface area contributed by atoms with E-state index in [4.69, 9.17) is 23.2 Å². The number of rotatable bonds is 1. The van der Waals surface area contributed by atoms with Crippen molar-refractivity contribution in [1.29, 1.82) is 0 Å². The molecule has 1 N–H and O–H groups in total. The van der Waals surface area contributed by atoms with Gasteiger partial charge in [-0.05, 0) is 30.7 Å². The lowest BCUT2D eigenvalue weighted by Crippen LogP contribution is -2.35. The van der Waals surface area contributed by atoms with Crippen LogP contribution in [0.15, 0.2) is 18.2 Å². The molecule has 1 heterocycles. The van der Waals surface area contributed by atoms with Crippen LogP contribution in [0.1, 0.15) is 12.0 Å². The highest BCUT2D eigenvalue weighted by Crippen LogP contribution is 2.68. The highest BCUT2D eigenvalue weighted by molar-refractivity contribution is 6.42. The highest BCUT2D eigenvalue weighted by atomic mass is 35.5. The van der Waals surface area contributed by atoms with Crippen molar-refractivity contribution in [3.63, 3.8) is 0 Å². The molecule has 0 amide bonds. The third-order valence-electron chi connectivity index (χ3n) is 3.99. The van der Waals surface area contributed by atoms with Crippen LogP contribution in [0.2, 0.25) is 10.0 Å². The van der Waals surface area contributed by atoms with Crippen LogP contribution >= 0.6 is 23.2 Å². The fourth-order valence-electron chi connectivity index (χ4n) is 3.00. The fourth-order valence-corrected chi connectivity index (χ4v) is 3.30. The van der Waals surface area contributed by atoms with Crippen LogP contribution < -0.4 is 5.32 Å². The second-order valence-electron chi connectivity index (χ2n) is 4.74. The maximum Gasteiger partial charge on any atom is 0.263 e. The number of halogens is 4. The van der Waals surface area contributed by atoms with Crippen molar-refractivity contribution in [1.82, 2.24) is 5.32 Å². The first kappa shape index (κ1) is 11.7. The summed E-state index contributed by atoms with van der Waals surface area (Å²) in [5.41, 5.74) is -0.478. The predicted molar refractivity (Wildman–Crippen MR) is 64.1 cm³/mol. The van der Waals surface area contributed by atoms with E-state index in [1.54, 1.807) is 18.2 Å². The molecule has 92 valence electrons. The van der Waals surface area contributed by atoms with Gasteiger partial charge < -0.3 is 5.32 Å². The molecule has 2 aliphatic rings. The van der Waals surface area contributed by atoms with Crippen LogP contribution in [0.4, 0.5) is 8.78 Å². The smallest absolute Gasteiger partial charge is 0.263 e. The topological polar surface area (TPSA) is 12.0 Å². The van der Waals surface area contributed by atoms with Gasteiger partial charge >= 0.3 is 0 Å². The molecule has 1 aliphatic carbocycles. The van der Waals surface area contributed by atoms with Crippen molar-refractivity contribution < 1.29 is 8.78 Å². The van der Waals surface area contributed by atoms with Gasteiger partial charge in [0, 0.05) is 12.5 Å². The Morgan fingerprint density at radius 3 is 2.65 bits per heavy atom. The van der Waals surface area contributed by atoms with Crippen LogP contribution in [-0.4, -0.2) is 19.0 Å². The van der Waals surface area contributed by atoms with Crippen LogP contribution in [0, 0.1) is 5.92 Å². The van der Waals surface area contributed by atoms with Crippen molar-refractivity contribution in [3.05, 3.63) is 33.8 Å². The number of benzene rings is 1. The molecule has 1 saturated heterocycles. The van der Waals surface area contributed by atoms with Crippen molar-refractivity contribution in [2.45, 2.75) is 17.8 Å². The fraction of sp³-hybridized carbons (Fsp3) is 0.500. The molecule has 1 aromatic carbocycles. The molecule has 0 radical (unpaired) electrons. The SMILES string of the molecule is FC1(F)C2CCNCC21c1ccc(Cl)c(Cl)c1. The normalized spacial score (nSPS) is 34.2. The van der Waals surface area contributed by atoms with Gasteiger partial charge in [0.1, 0.15) is 0 Å². The average molecular weight is 278 g/mol. The van der Waals surface area contributed by atoms with Gasteiger partial charge in [-0.1, -0.05) is 29.3 Å². The lowest BCUT2D eigenvalue weighted by atomic mass is 9.90. The Morgan fingerprint density at radius 2 is 2.00 bits per heavy atom. The molecule has 2 atom stereocenters. The molecule has 1 aliphatic heterocycles. The van der Waals surface area contributed by atoms with Gasteiger partial charge in [-0.2, -0.15) is 0 Å². The number of hydrogen-bond donors (Lipinski definition) is 1. The second-order valence-corrected chi connectivity index (χ2v) is 5.56. The van der Waals surface area contributed by atoms with Crippen molar-refractivity contribution >= 4 is 23.2 Å². The van der Waals surface area contributed by atoms with Crippen LogP contribution in [0.5, 0.6) is 0 Å². The third kappa shape index (κ3) is 1.39. The maximum atomic E-state index is 14.0. The zero-order valence-electron chi connectivity index (χ0n) is 8.94. The Kier molecular flexibility index (Phi) is 2.45. The van der Waals surface area contributed by atoms with E-state index >= 15 is 0 Å². The van der Waals surface area contributed by atoms with E-state index in [1.807, 2.05) is 0 Å². The molecule has 1 nitrogen and oxygen atoms in total. The van der Waals surface area contributed by atoms with E-state index < -0.39 is 17.3 Å². The Bertz CT molecular complexity index is 478. The minimum atomic E-state index is -2.63. The monoisotopic (exact) mass is 277 g/mol. The summed E-state index contributed by atoms with van der Waals surface area (Å²) in [6.45, 7) is 0.964. The zero-order chi connectivity index (χ0) is 12.3. The van der Waals surface area contributed by atoms with E-state index in [0.29, 0.717) is 35.1 Å². The largest absolute Gasteiger partial charge is 0.316 e. The Morgan fingerprint density at radius 1 is 1.24 bits per heavy atom. The minimum Gasteiger partial charge on any atom is -0.316 e. The number of hydrogen-bond acceptors (Lipinski definition) is 1. The molecule has 17 heavy (non-hydrogen) atoms. The molecular formula is C12H11Cl2F2N. The first-order valence-electron chi connectivity index (χ1n) is 5.54. The minimum absolute atomic E-state index is 0.308. The molecule has 3 rings (SSSR count). The molecule has 1 aromatic rings. The van der Waals surface area contributed by atoms with E-state index in [-0.39, 0.29) is 0 Å². The summed E-state index contributed by atoms with van der Waals surface area (Å²) in [6.07, 6.45) is 0.507. The standard InChI is InChI=1S/C12H11Cl2F2N/c13-8-2-1-7(5-9(8)14)11-6-17-4-3-10(11)12(11,15)16/h1-2,5,10,17H,3-4,6H2. The van der Waals surface area contributed by atoms with Gasteiger partial charge in [-0.15, -0.1) is 0 Å². The summed E-state index contributed by atoms with van der Waals surface area (Å²) in [7, 11) is 0. The van der Waals surface area contributed by atoms with E-state index in [0.717, 1.165) is 0 Å². The van der Waals surface area contributed by atoms with Gasteiger partial charge in [-0.25, -0.2) is 8.78 Å². The van der Waals surface area contributed by atoms with Gasteiger partial charge in [0.25, 0.3) is 5.92 Å². The number of fused-ring (bicyclic) bond motifs is 1. The maximum absolute atomic E-state index is 14.0. The summed E-state index contributed by atoms with van der Waals surface area (Å²) < 4.78 is 27.9. The van der Waals surface area contributed by atoms with Crippen LogP contribution in [0.25, 0.3) is 0 Å². The highest BCUT2D eigenvalue weighted by Gasteiger charge is 2.80. The molecule has 1 saturated carbocycles. The lowest BCUT2D eigenvalue weighted by molar-refractivity contribution is 0.0787. The molecule has 2 fully saturated rings. The van der Waals surface area contributed by atoms with Gasteiger partial charge in [-0.3, -0.25) is 0 Å². The average Bonchev–Trinajstić information content (AvgIpc) is 2.82. The van der Waals surface area contributed by atoms with Crippen molar-refractivity contribution in [2.24, 2.45) is 5.92 Å². The first-order valence-corrected chi connectivity index (χ1v) is 6.30. The Balaban J connectivity index is 2.06. The molecule has 5 heteroatoms. The van der Waals surface area contributed by atoms with Gasteiger partial charge in [0.2, 0.25) is 0 Å². The Labute approximate surface area is 108 Å². The number of alkyl halides is 2. The van der Waals surface area contributed by atoms with E-state index in [2.05, 4.69) is 5.32 Å². The molecular weight excluding hydrogens is 267 g/mol. The second kappa shape index (κ2) is 3.56. The zero-order valence-corrected chi connectivity index (χ0v) is 10.5. The van der Waals surface area contributed by atoms with Crippen LogP contribution in [-0.2, 0) is 5.41 Å². The molecule has 2 unspecified atom stereocenters. The summed E-state index contributed by atoms with van der Waals surface area (Å²) in [5, 5.41) is 3.79. The number of piperidine rings is 1. The summed E-state index contributed by atoms with van der Waals surface area (Å²) in [4.78, 5) is 0. The quantitative estimate of drug-likeness (QED) is 0.829. The summed E-state index contributed by atoms with van der Waals surface area (Å²) >= 11 is 11.7. The lowest BCUT2D eigenvalue weighted by Gasteiger charge is -2.22. The Hall–Kier alpha value is -0.380. The molecule has 0 bridgehead atoms. The predicted octanol–water partition coefficient (Wildman–Crippen LogP) is 3.49. The van der Waals surface area contributed by atoms with Gasteiger partial charge in [0.05, 0.1) is 15.5 Å². The van der Waals surface area contributed by atoms with E-state index in [9.17, 15) is 8.78 Å². The number of nitrogens with one attached hydrogen (secondary N) is 1. The van der Waals surface area contributed by atoms with Crippen LogP contribution in [0.3, 0.4) is 0 Å². The van der Waals surface area contributed by atoms with Crippen molar-refractivity contribution in [2.75, 3.05) is 13.1 Å². The third-order valence-corrected chi connectivity index (χ3v) is 4.73. The van der Waals surface area contributed by atoms with Crippen molar-refractivity contribution in [3.8, 4) is 0 Å². The van der Waals surface area contributed by atoms with Gasteiger partial charge in [0.15, 0.2) is 0 Å². The molecule has 0 aromatic heterocycles. The van der Waals surface area contributed by atoms with E-state index in [1.165, 1.54) is 0 Å².